The summed E-state index contributed by atoms with van der Waals surface area (Å²) in [5, 5.41) is 2.67. The fourth-order valence-electron chi connectivity index (χ4n) is 2.70. The zero-order valence-corrected chi connectivity index (χ0v) is 15.6. The van der Waals surface area contributed by atoms with Gasteiger partial charge in [-0.3, -0.25) is 4.79 Å². The third-order valence-corrected chi connectivity index (χ3v) is 5.30. The number of thiophene rings is 1. The van der Waals surface area contributed by atoms with Gasteiger partial charge in [0.25, 0.3) is 0 Å². The first-order valence-corrected chi connectivity index (χ1v) is 9.35. The summed E-state index contributed by atoms with van der Waals surface area (Å²) >= 11 is 7.57. The van der Waals surface area contributed by atoms with Crippen molar-refractivity contribution in [3.8, 4) is 11.5 Å². The average Bonchev–Trinajstić information content (AvgIpc) is 3.17. The molecule has 0 atom stereocenters. The van der Waals surface area contributed by atoms with E-state index >= 15 is 0 Å². The third kappa shape index (κ3) is 3.39. The van der Waals surface area contributed by atoms with E-state index in [1.807, 2.05) is 42.6 Å². The summed E-state index contributed by atoms with van der Waals surface area (Å²) in [6.45, 7) is 2.40. The van der Waals surface area contributed by atoms with Crippen LogP contribution in [0.25, 0.3) is 6.08 Å². The maximum absolute atomic E-state index is 12.5. The second-order valence-electron chi connectivity index (χ2n) is 5.98. The van der Waals surface area contributed by atoms with Crippen LogP contribution < -0.4 is 9.47 Å². The maximum atomic E-state index is 12.5. The molecule has 0 fully saturated rings. The predicted octanol–water partition coefficient (Wildman–Crippen LogP) is 5.91. The molecule has 1 aromatic heterocycles. The Morgan fingerprint density at radius 1 is 1.19 bits per heavy atom. The van der Waals surface area contributed by atoms with Crippen molar-refractivity contribution in [1.82, 2.24) is 0 Å². The maximum Gasteiger partial charge on any atom is 0.232 e. The molecule has 5 heteroatoms. The molecule has 0 amide bonds. The van der Waals surface area contributed by atoms with Crippen molar-refractivity contribution >= 4 is 34.8 Å². The number of carbonyl (C=O) groups is 1. The molecule has 2 heterocycles. The summed E-state index contributed by atoms with van der Waals surface area (Å²) in [6, 6.07) is 14.8. The van der Waals surface area contributed by atoms with Crippen LogP contribution in [0.4, 0.5) is 0 Å². The highest BCUT2D eigenvalue weighted by atomic mass is 35.5. The zero-order valence-electron chi connectivity index (χ0n) is 14.0. The largest absolute Gasteiger partial charge is 0.489 e. The molecule has 3 aromatic rings. The van der Waals surface area contributed by atoms with Gasteiger partial charge in [0.15, 0.2) is 5.76 Å². The Labute approximate surface area is 160 Å². The van der Waals surface area contributed by atoms with Crippen molar-refractivity contribution in [1.29, 1.82) is 0 Å². The molecular weight excluding hydrogens is 368 g/mol. The number of carbonyl (C=O) groups excluding carboxylic acids is 1. The molecule has 2 aromatic carbocycles. The predicted molar refractivity (Wildman–Crippen MR) is 104 cm³/mol. The highest BCUT2D eigenvalue weighted by Gasteiger charge is 2.28. The van der Waals surface area contributed by atoms with Crippen LogP contribution in [-0.2, 0) is 6.61 Å². The quantitative estimate of drug-likeness (QED) is 0.526. The number of fused-ring (bicyclic) bond motifs is 1. The molecule has 0 spiro atoms. The number of halogens is 1. The van der Waals surface area contributed by atoms with Crippen LogP contribution in [0, 0.1) is 6.92 Å². The molecule has 0 bridgehead atoms. The van der Waals surface area contributed by atoms with Crippen molar-refractivity contribution < 1.29 is 14.3 Å². The summed E-state index contributed by atoms with van der Waals surface area (Å²) in [7, 11) is 0. The SMILES string of the molecule is Cc1ccsc1/C=C1/Oc2cc(OCc3cccc(Cl)c3)ccc2C1=O. The third-order valence-electron chi connectivity index (χ3n) is 4.10. The molecule has 4 rings (SSSR count). The number of Topliss-reactive ketones (excluding diaryl/α,β-unsaturated/α-hetero) is 1. The van der Waals surface area contributed by atoms with E-state index < -0.39 is 0 Å². The topological polar surface area (TPSA) is 35.5 Å². The smallest absolute Gasteiger partial charge is 0.232 e. The highest BCUT2D eigenvalue weighted by Crippen LogP contribution is 2.35. The van der Waals surface area contributed by atoms with Gasteiger partial charge in [-0.1, -0.05) is 23.7 Å². The second-order valence-corrected chi connectivity index (χ2v) is 7.37. The lowest BCUT2D eigenvalue weighted by Gasteiger charge is -2.07. The molecule has 0 saturated carbocycles. The zero-order chi connectivity index (χ0) is 18.1. The number of hydrogen-bond donors (Lipinski definition) is 0. The number of ketones is 1. The van der Waals surface area contributed by atoms with Gasteiger partial charge in [0.05, 0.1) is 5.56 Å². The molecule has 0 N–H and O–H groups in total. The Bertz CT molecular complexity index is 1020. The number of benzene rings is 2. The van der Waals surface area contributed by atoms with Crippen molar-refractivity contribution in [2.45, 2.75) is 13.5 Å². The molecule has 0 saturated heterocycles. The standard InChI is InChI=1S/C21H15ClO3S/c1-13-7-8-26-20(13)11-19-21(23)17-6-5-16(10-18(17)25-19)24-12-14-3-2-4-15(22)9-14/h2-11H,12H2,1H3/b19-11+. The molecule has 0 aliphatic carbocycles. The Hall–Kier alpha value is -2.56. The fourth-order valence-corrected chi connectivity index (χ4v) is 3.76. The number of ether oxygens (including phenoxy) is 2. The summed E-state index contributed by atoms with van der Waals surface area (Å²) < 4.78 is 11.6. The van der Waals surface area contributed by atoms with Gasteiger partial charge in [0.1, 0.15) is 18.1 Å². The first-order chi connectivity index (χ1) is 12.6. The minimum atomic E-state index is -0.103. The highest BCUT2D eigenvalue weighted by molar-refractivity contribution is 7.11. The Balaban J connectivity index is 1.52. The minimum Gasteiger partial charge on any atom is -0.489 e. The van der Waals surface area contributed by atoms with E-state index in [9.17, 15) is 4.79 Å². The van der Waals surface area contributed by atoms with Gasteiger partial charge < -0.3 is 9.47 Å². The van der Waals surface area contributed by atoms with E-state index in [-0.39, 0.29) is 5.78 Å². The fraction of sp³-hybridized carbons (Fsp3) is 0.0952. The molecule has 1 aliphatic heterocycles. The lowest BCUT2D eigenvalue weighted by molar-refractivity contribution is 0.101. The van der Waals surface area contributed by atoms with Crippen LogP contribution in [0.5, 0.6) is 11.5 Å². The van der Waals surface area contributed by atoms with Gasteiger partial charge in [0.2, 0.25) is 5.78 Å². The first kappa shape index (κ1) is 16.9. The van der Waals surface area contributed by atoms with Crippen LogP contribution in [0.1, 0.15) is 26.4 Å². The Morgan fingerprint density at radius 3 is 2.85 bits per heavy atom. The molecule has 130 valence electrons. The lowest BCUT2D eigenvalue weighted by Crippen LogP contribution is -1.97. The molecule has 0 radical (unpaired) electrons. The molecule has 3 nitrogen and oxygen atoms in total. The monoisotopic (exact) mass is 382 g/mol. The van der Waals surface area contributed by atoms with E-state index in [1.165, 1.54) is 0 Å². The van der Waals surface area contributed by atoms with Gasteiger partial charge in [0, 0.05) is 22.0 Å². The lowest BCUT2D eigenvalue weighted by atomic mass is 10.1. The molecule has 1 aliphatic rings. The van der Waals surface area contributed by atoms with Gasteiger partial charge >= 0.3 is 0 Å². The Kier molecular flexibility index (Phi) is 4.53. The summed E-state index contributed by atoms with van der Waals surface area (Å²) in [6.07, 6.45) is 1.80. The van der Waals surface area contributed by atoms with Gasteiger partial charge in [-0.15, -0.1) is 11.3 Å². The summed E-state index contributed by atoms with van der Waals surface area (Å²) in [5.74, 6) is 1.41. The number of hydrogen-bond acceptors (Lipinski definition) is 4. The summed E-state index contributed by atoms with van der Waals surface area (Å²) in [4.78, 5) is 13.5. The normalized spacial score (nSPS) is 14.4. The van der Waals surface area contributed by atoms with Crippen molar-refractivity contribution in [2.75, 3.05) is 0 Å². The van der Waals surface area contributed by atoms with E-state index in [0.29, 0.717) is 34.5 Å². The number of allylic oxidation sites excluding steroid dienone is 1. The minimum absolute atomic E-state index is 0.103. The van der Waals surface area contributed by atoms with Gasteiger partial charge in [-0.05, 0) is 53.8 Å². The van der Waals surface area contributed by atoms with Gasteiger partial charge in [-0.25, -0.2) is 0 Å². The van der Waals surface area contributed by atoms with Crippen LogP contribution in [0.3, 0.4) is 0 Å². The van der Waals surface area contributed by atoms with Crippen LogP contribution in [-0.4, -0.2) is 5.78 Å². The first-order valence-electron chi connectivity index (χ1n) is 8.10. The van der Waals surface area contributed by atoms with Crippen molar-refractivity contribution in [3.63, 3.8) is 0 Å². The summed E-state index contributed by atoms with van der Waals surface area (Å²) in [5.41, 5.74) is 2.66. The molecule has 0 unspecified atom stereocenters. The molecular formula is C21H15ClO3S. The van der Waals surface area contributed by atoms with Crippen LogP contribution >= 0.6 is 22.9 Å². The van der Waals surface area contributed by atoms with Gasteiger partial charge in [-0.2, -0.15) is 0 Å². The van der Waals surface area contributed by atoms with E-state index in [1.54, 1.807) is 35.6 Å². The second kappa shape index (κ2) is 6.98. The van der Waals surface area contributed by atoms with Crippen LogP contribution in [0.2, 0.25) is 5.02 Å². The average molecular weight is 383 g/mol. The number of aryl methyl sites for hydroxylation is 1. The van der Waals surface area contributed by atoms with E-state index in [2.05, 4.69) is 0 Å². The number of rotatable bonds is 4. The van der Waals surface area contributed by atoms with Crippen molar-refractivity contribution in [3.05, 3.63) is 86.3 Å². The Morgan fingerprint density at radius 2 is 2.08 bits per heavy atom. The van der Waals surface area contributed by atoms with Crippen molar-refractivity contribution in [2.24, 2.45) is 0 Å². The van der Waals surface area contributed by atoms with E-state index in [4.69, 9.17) is 21.1 Å². The molecule has 26 heavy (non-hydrogen) atoms. The van der Waals surface area contributed by atoms with Crippen LogP contribution in [0.15, 0.2) is 59.7 Å². The van der Waals surface area contributed by atoms with E-state index in [0.717, 1.165) is 16.0 Å².